The Morgan fingerprint density at radius 2 is 1.75 bits per heavy atom. The van der Waals surface area contributed by atoms with Crippen LogP contribution in [0.4, 0.5) is 0 Å². The predicted octanol–water partition coefficient (Wildman–Crippen LogP) is 1.81. The number of nitrogens with two attached hydrogens (primary N) is 2. The van der Waals surface area contributed by atoms with E-state index in [9.17, 15) is 14.4 Å². The molecule has 2 aromatic carbocycles. The topological polar surface area (TPSA) is 161 Å². The van der Waals surface area contributed by atoms with E-state index in [0.717, 1.165) is 0 Å². The van der Waals surface area contributed by atoms with Crippen LogP contribution in [0, 0.1) is 5.41 Å². The summed E-state index contributed by atoms with van der Waals surface area (Å²) < 4.78 is 10.5. The molecule has 1 heterocycles. The Bertz CT molecular complexity index is 1170. The Hall–Kier alpha value is -4.60. The number of nitrogens with one attached hydrogen (secondary N) is 2. The molecule has 1 aliphatic heterocycles. The van der Waals surface area contributed by atoms with Gasteiger partial charge in [-0.25, -0.2) is 0 Å². The molecular weight excluding hydrogens is 462 g/mol. The van der Waals surface area contributed by atoms with Gasteiger partial charge in [-0.1, -0.05) is 18.2 Å². The molecule has 1 atom stereocenters. The highest BCUT2D eigenvalue weighted by Gasteiger charge is 2.27. The number of para-hydroxylation sites is 1. The molecule has 10 heteroatoms. The molecule has 10 nitrogen and oxygen atoms in total. The number of primary amides is 1. The van der Waals surface area contributed by atoms with Crippen molar-refractivity contribution in [3.8, 4) is 11.5 Å². The SMILES string of the molecule is CC(=O)OC/C=C/C(=O)N1CCC(N/C(N)=C(\C(=N)c2ccc(Oc3ccccc3)cc2)C(N)=O)C1. The number of carbonyl (C=O) groups excluding carboxylic acids is 3. The number of amides is 2. The Morgan fingerprint density at radius 1 is 1.08 bits per heavy atom. The summed E-state index contributed by atoms with van der Waals surface area (Å²) in [4.78, 5) is 36.9. The van der Waals surface area contributed by atoms with E-state index in [1.54, 1.807) is 29.2 Å². The molecule has 36 heavy (non-hydrogen) atoms. The highest BCUT2D eigenvalue weighted by atomic mass is 16.5. The molecule has 2 amide bonds. The number of hydrogen-bond donors (Lipinski definition) is 4. The molecule has 1 saturated heterocycles. The van der Waals surface area contributed by atoms with Gasteiger partial charge in [-0.3, -0.25) is 19.8 Å². The van der Waals surface area contributed by atoms with Crippen molar-refractivity contribution < 1.29 is 23.9 Å². The van der Waals surface area contributed by atoms with Gasteiger partial charge in [0.05, 0.1) is 5.71 Å². The van der Waals surface area contributed by atoms with Crippen molar-refractivity contribution >= 4 is 23.5 Å². The molecular formula is C26H29N5O5. The molecule has 0 saturated carbocycles. The number of hydrogen-bond acceptors (Lipinski definition) is 8. The maximum Gasteiger partial charge on any atom is 0.302 e. The van der Waals surface area contributed by atoms with Crippen LogP contribution in [0.2, 0.25) is 0 Å². The van der Waals surface area contributed by atoms with Crippen LogP contribution in [-0.4, -0.2) is 54.1 Å². The highest BCUT2D eigenvalue weighted by molar-refractivity contribution is 6.26. The zero-order valence-corrected chi connectivity index (χ0v) is 19.9. The van der Waals surface area contributed by atoms with E-state index in [1.807, 2.05) is 30.3 Å². The van der Waals surface area contributed by atoms with Crippen LogP contribution >= 0.6 is 0 Å². The third kappa shape index (κ3) is 7.20. The van der Waals surface area contributed by atoms with Gasteiger partial charge in [0.15, 0.2) is 0 Å². The van der Waals surface area contributed by atoms with Crippen LogP contribution in [0.25, 0.3) is 0 Å². The maximum absolute atomic E-state index is 12.3. The minimum absolute atomic E-state index is 0.0235. The average Bonchev–Trinajstić information content (AvgIpc) is 3.31. The van der Waals surface area contributed by atoms with Gasteiger partial charge in [0.2, 0.25) is 5.91 Å². The normalized spacial score (nSPS) is 15.8. The molecule has 3 rings (SSSR count). The summed E-state index contributed by atoms with van der Waals surface area (Å²) in [6, 6.07) is 15.7. The fourth-order valence-electron chi connectivity index (χ4n) is 3.64. The third-order valence-corrected chi connectivity index (χ3v) is 5.39. The minimum Gasteiger partial charge on any atom is -0.462 e. The molecule has 1 unspecified atom stereocenters. The highest BCUT2D eigenvalue weighted by Crippen LogP contribution is 2.22. The lowest BCUT2D eigenvalue weighted by Crippen LogP contribution is -2.39. The maximum atomic E-state index is 12.3. The van der Waals surface area contributed by atoms with E-state index >= 15 is 0 Å². The molecule has 0 spiro atoms. The standard InChI is InChI=1S/C26H29N5O5/c1-17(32)35-15-5-8-22(33)31-14-13-19(16-31)30-25(28)23(26(29)34)24(27)18-9-11-21(12-10-18)36-20-6-3-2-4-7-20/h2-12,19,27,30H,13-16,28H2,1H3,(H2,29,34)/b8-5+,25-23+,27-24?. The second-order valence-electron chi connectivity index (χ2n) is 8.09. The number of likely N-dealkylation sites (tertiary alicyclic amines) is 1. The van der Waals surface area contributed by atoms with Crippen LogP contribution in [0.5, 0.6) is 11.5 Å². The molecule has 1 fully saturated rings. The van der Waals surface area contributed by atoms with Crippen LogP contribution in [-0.2, 0) is 19.1 Å². The van der Waals surface area contributed by atoms with E-state index in [-0.39, 0.29) is 35.7 Å². The average molecular weight is 492 g/mol. The van der Waals surface area contributed by atoms with Crippen molar-refractivity contribution in [1.82, 2.24) is 10.2 Å². The van der Waals surface area contributed by atoms with E-state index < -0.39 is 11.9 Å². The van der Waals surface area contributed by atoms with Gasteiger partial charge in [-0.05, 0) is 48.9 Å². The summed E-state index contributed by atoms with van der Waals surface area (Å²) in [5.41, 5.74) is 11.9. The minimum atomic E-state index is -0.839. The Kier molecular flexibility index (Phi) is 8.82. The molecule has 0 aromatic heterocycles. The van der Waals surface area contributed by atoms with Crippen molar-refractivity contribution in [2.45, 2.75) is 19.4 Å². The smallest absolute Gasteiger partial charge is 0.302 e. The quantitative estimate of drug-likeness (QED) is 0.224. The van der Waals surface area contributed by atoms with Gasteiger partial charge in [0.1, 0.15) is 29.5 Å². The zero-order valence-electron chi connectivity index (χ0n) is 19.9. The van der Waals surface area contributed by atoms with Crippen LogP contribution in [0.3, 0.4) is 0 Å². The molecule has 188 valence electrons. The van der Waals surface area contributed by atoms with Gasteiger partial charge < -0.3 is 31.2 Å². The summed E-state index contributed by atoms with van der Waals surface area (Å²) in [6.07, 6.45) is 3.41. The van der Waals surface area contributed by atoms with E-state index in [4.69, 9.17) is 26.4 Å². The number of ether oxygens (including phenoxy) is 2. The molecule has 1 aliphatic rings. The summed E-state index contributed by atoms with van der Waals surface area (Å²) in [5.74, 6) is -0.265. The van der Waals surface area contributed by atoms with E-state index in [0.29, 0.717) is 36.6 Å². The van der Waals surface area contributed by atoms with Crippen molar-refractivity contribution in [2.75, 3.05) is 19.7 Å². The second-order valence-corrected chi connectivity index (χ2v) is 8.09. The lowest BCUT2D eigenvalue weighted by atomic mass is 10.0. The lowest BCUT2D eigenvalue weighted by Gasteiger charge is -2.18. The Morgan fingerprint density at radius 3 is 2.39 bits per heavy atom. The fraction of sp³-hybridized carbons (Fsp3) is 0.231. The number of benzene rings is 2. The van der Waals surface area contributed by atoms with Crippen LogP contribution in [0.1, 0.15) is 18.9 Å². The fourth-order valence-corrected chi connectivity index (χ4v) is 3.64. The summed E-state index contributed by atoms with van der Waals surface area (Å²) in [5, 5.41) is 11.5. The van der Waals surface area contributed by atoms with Gasteiger partial charge in [-0.15, -0.1) is 0 Å². The first-order valence-electron chi connectivity index (χ1n) is 11.3. The first-order valence-corrected chi connectivity index (χ1v) is 11.3. The summed E-state index contributed by atoms with van der Waals surface area (Å²) >= 11 is 0. The van der Waals surface area contributed by atoms with Crippen molar-refractivity contribution in [3.63, 3.8) is 0 Å². The van der Waals surface area contributed by atoms with Crippen molar-refractivity contribution in [1.29, 1.82) is 5.41 Å². The van der Waals surface area contributed by atoms with E-state index in [2.05, 4.69) is 5.32 Å². The molecule has 0 aliphatic carbocycles. The van der Waals surface area contributed by atoms with E-state index in [1.165, 1.54) is 19.1 Å². The molecule has 0 radical (unpaired) electrons. The zero-order chi connectivity index (χ0) is 26.1. The number of rotatable bonds is 10. The largest absolute Gasteiger partial charge is 0.462 e. The van der Waals surface area contributed by atoms with Crippen molar-refractivity contribution in [2.24, 2.45) is 11.5 Å². The molecule has 6 N–H and O–H groups in total. The van der Waals surface area contributed by atoms with Crippen molar-refractivity contribution in [3.05, 3.63) is 83.7 Å². The van der Waals surface area contributed by atoms with Gasteiger partial charge in [0, 0.05) is 37.7 Å². The van der Waals surface area contributed by atoms with Gasteiger partial charge >= 0.3 is 5.97 Å². The number of carbonyl (C=O) groups is 3. The van der Waals surface area contributed by atoms with Gasteiger partial charge in [-0.2, -0.15) is 0 Å². The summed E-state index contributed by atoms with van der Waals surface area (Å²) in [6.45, 7) is 2.14. The number of nitrogens with zero attached hydrogens (tertiary/aromatic N) is 1. The second kappa shape index (κ2) is 12.2. The molecule has 2 aromatic rings. The molecule has 0 bridgehead atoms. The number of esters is 1. The van der Waals surface area contributed by atoms with Crippen LogP contribution in [0.15, 0.2) is 78.1 Å². The Balaban J connectivity index is 1.63. The summed E-state index contributed by atoms with van der Waals surface area (Å²) in [7, 11) is 0. The first kappa shape index (κ1) is 26.0. The predicted molar refractivity (Wildman–Crippen MR) is 134 cm³/mol. The first-order chi connectivity index (χ1) is 17.2. The van der Waals surface area contributed by atoms with Gasteiger partial charge in [0.25, 0.3) is 5.91 Å². The third-order valence-electron chi connectivity index (χ3n) is 5.39. The van der Waals surface area contributed by atoms with Crippen LogP contribution < -0.4 is 21.5 Å². The Labute approximate surface area is 209 Å². The lowest BCUT2D eigenvalue weighted by molar-refractivity contribution is -0.139. The monoisotopic (exact) mass is 491 g/mol.